The molecule has 0 bridgehead atoms. The second-order valence-electron chi connectivity index (χ2n) is 9.10. The van der Waals surface area contributed by atoms with E-state index in [-0.39, 0.29) is 22.8 Å². The molecule has 8 heteroatoms. The second-order valence-corrected chi connectivity index (χ2v) is 10.9. The van der Waals surface area contributed by atoms with Crippen LogP contribution in [-0.4, -0.2) is 41.8 Å². The maximum atomic E-state index is 13.4. The summed E-state index contributed by atoms with van der Waals surface area (Å²) < 4.78 is 28.1. The molecule has 3 aromatic carbocycles. The van der Waals surface area contributed by atoms with Crippen LogP contribution in [0.1, 0.15) is 36.0 Å². The van der Waals surface area contributed by atoms with Gasteiger partial charge in [0.05, 0.1) is 4.90 Å². The van der Waals surface area contributed by atoms with Gasteiger partial charge in [-0.1, -0.05) is 48.9 Å². The van der Waals surface area contributed by atoms with Gasteiger partial charge in [-0.25, -0.2) is 8.42 Å². The first kappa shape index (κ1) is 23.3. The predicted octanol–water partition coefficient (Wildman–Crippen LogP) is 4.62. The van der Waals surface area contributed by atoms with E-state index in [1.54, 1.807) is 48.5 Å². The number of hydrogen-bond donors (Lipinski definition) is 2. The molecule has 180 valence electrons. The van der Waals surface area contributed by atoms with Crippen molar-refractivity contribution in [3.63, 3.8) is 0 Å². The van der Waals surface area contributed by atoms with E-state index in [2.05, 4.69) is 5.32 Å². The fraction of sp³-hybridized carbons (Fsp3) is 0.259. The molecule has 5 rings (SSSR count). The van der Waals surface area contributed by atoms with Crippen molar-refractivity contribution in [2.45, 2.75) is 42.7 Å². The number of sulfonamides is 1. The van der Waals surface area contributed by atoms with E-state index in [0.717, 1.165) is 24.0 Å². The minimum absolute atomic E-state index is 0.104. The van der Waals surface area contributed by atoms with E-state index in [0.29, 0.717) is 24.1 Å². The van der Waals surface area contributed by atoms with E-state index in [9.17, 15) is 23.1 Å². The zero-order chi connectivity index (χ0) is 24.6. The number of nitrogens with one attached hydrogen (secondary N) is 1. The van der Waals surface area contributed by atoms with E-state index < -0.39 is 22.0 Å². The zero-order valence-corrected chi connectivity index (χ0v) is 19.8. The SMILES string of the molecule is O=C(Nc1ccc(-c2ccc(S(=O)(=O)N3C(C(=O)O)C[C@H]4CCC[C@H]43)cc2)cc1)c1ccccc1. The van der Waals surface area contributed by atoms with Crippen LogP contribution in [0, 0.1) is 5.92 Å². The molecule has 3 atom stereocenters. The van der Waals surface area contributed by atoms with Gasteiger partial charge >= 0.3 is 5.97 Å². The number of aliphatic carboxylic acids is 1. The Balaban J connectivity index is 1.33. The number of benzene rings is 3. The third-order valence-corrected chi connectivity index (χ3v) is 8.95. The van der Waals surface area contributed by atoms with E-state index in [1.165, 1.54) is 16.4 Å². The number of carboxylic acids is 1. The summed E-state index contributed by atoms with van der Waals surface area (Å²) in [4.78, 5) is 24.2. The highest BCUT2D eigenvalue weighted by molar-refractivity contribution is 7.89. The number of rotatable bonds is 6. The van der Waals surface area contributed by atoms with Gasteiger partial charge in [0.25, 0.3) is 5.91 Å². The standard InChI is InChI=1S/C27H26N2O5S/c30-26(20-5-2-1-3-6-20)28-22-13-9-18(10-14-22)19-11-15-23(16-12-19)35(33,34)29-24-8-4-7-21(24)17-25(29)27(31)32/h1-3,5-6,9-16,21,24-25H,4,7-8,17H2,(H,28,30)(H,31,32)/t21-,24-,25?/m1/s1. The molecule has 1 amide bonds. The molecule has 7 nitrogen and oxygen atoms in total. The summed E-state index contributed by atoms with van der Waals surface area (Å²) in [7, 11) is -3.93. The van der Waals surface area contributed by atoms with Crippen LogP contribution < -0.4 is 5.32 Å². The van der Waals surface area contributed by atoms with Gasteiger partial charge in [0.1, 0.15) is 6.04 Å². The van der Waals surface area contributed by atoms with Crippen molar-refractivity contribution in [2.24, 2.45) is 5.92 Å². The third-order valence-electron chi connectivity index (χ3n) is 7.01. The number of carboxylic acid groups (broad SMARTS) is 1. The first-order valence-corrected chi connectivity index (χ1v) is 13.1. The Bertz CT molecular complexity index is 1340. The molecule has 2 aliphatic rings. The Morgan fingerprint density at radius 3 is 2.11 bits per heavy atom. The van der Waals surface area contributed by atoms with Crippen molar-refractivity contribution in [1.82, 2.24) is 4.31 Å². The van der Waals surface area contributed by atoms with Crippen LogP contribution in [0.2, 0.25) is 0 Å². The number of nitrogens with zero attached hydrogens (tertiary/aromatic N) is 1. The highest BCUT2D eigenvalue weighted by Crippen LogP contribution is 2.44. The Hall–Kier alpha value is -3.49. The van der Waals surface area contributed by atoms with Crippen LogP contribution >= 0.6 is 0 Å². The van der Waals surface area contributed by atoms with Gasteiger partial charge < -0.3 is 10.4 Å². The molecule has 2 fully saturated rings. The van der Waals surface area contributed by atoms with Crippen molar-refractivity contribution in [1.29, 1.82) is 0 Å². The summed E-state index contributed by atoms with van der Waals surface area (Å²) in [6.07, 6.45) is 2.89. The van der Waals surface area contributed by atoms with Crippen LogP contribution in [0.15, 0.2) is 83.8 Å². The minimum atomic E-state index is -3.93. The van der Waals surface area contributed by atoms with Gasteiger partial charge in [-0.3, -0.25) is 9.59 Å². The molecule has 1 aliphatic heterocycles. The Morgan fingerprint density at radius 2 is 1.49 bits per heavy atom. The van der Waals surface area contributed by atoms with Gasteiger partial charge in [0.15, 0.2) is 0 Å². The molecule has 1 saturated carbocycles. The molecule has 0 aromatic heterocycles. The van der Waals surface area contributed by atoms with E-state index in [4.69, 9.17) is 0 Å². The van der Waals surface area contributed by atoms with Crippen molar-refractivity contribution in [2.75, 3.05) is 5.32 Å². The van der Waals surface area contributed by atoms with Crippen molar-refractivity contribution in [3.8, 4) is 11.1 Å². The van der Waals surface area contributed by atoms with Crippen molar-refractivity contribution >= 4 is 27.6 Å². The molecule has 0 spiro atoms. The van der Waals surface area contributed by atoms with Gasteiger partial charge in [-0.2, -0.15) is 4.31 Å². The summed E-state index contributed by atoms with van der Waals surface area (Å²) in [5.41, 5.74) is 2.91. The molecule has 1 saturated heterocycles. The van der Waals surface area contributed by atoms with Gasteiger partial charge in [-0.15, -0.1) is 0 Å². The molecule has 2 N–H and O–H groups in total. The molecule has 1 unspecified atom stereocenters. The highest BCUT2D eigenvalue weighted by atomic mass is 32.2. The lowest BCUT2D eigenvalue weighted by molar-refractivity contribution is -0.141. The fourth-order valence-electron chi connectivity index (χ4n) is 5.28. The van der Waals surface area contributed by atoms with Gasteiger partial charge in [0, 0.05) is 17.3 Å². The first-order valence-electron chi connectivity index (χ1n) is 11.7. The lowest BCUT2D eigenvalue weighted by Crippen LogP contribution is -2.44. The zero-order valence-electron chi connectivity index (χ0n) is 19.0. The van der Waals surface area contributed by atoms with Crippen molar-refractivity contribution < 1.29 is 23.1 Å². The Kier molecular flexibility index (Phi) is 6.17. The maximum Gasteiger partial charge on any atom is 0.322 e. The number of anilines is 1. The largest absolute Gasteiger partial charge is 0.480 e. The number of amides is 1. The first-order chi connectivity index (χ1) is 16.8. The number of fused-ring (bicyclic) bond motifs is 1. The van der Waals surface area contributed by atoms with Crippen LogP contribution in [0.5, 0.6) is 0 Å². The molecule has 35 heavy (non-hydrogen) atoms. The minimum Gasteiger partial charge on any atom is -0.480 e. The van der Waals surface area contributed by atoms with Gasteiger partial charge in [-0.05, 0) is 72.7 Å². The summed E-state index contributed by atoms with van der Waals surface area (Å²) >= 11 is 0. The Morgan fingerprint density at radius 1 is 0.857 bits per heavy atom. The fourth-order valence-corrected chi connectivity index (χ4v) is 7.15. The van der Waals surface area contributed by atoms with Gasteiger partial charge in [0.2, 0.25) is 10.0 Å². The summed E-state index contributed by atoms with van der Waals surface area (Å²) in [6.45, 7) is 0. The lowest BCUT2D eigenvalue weighted by Gasteiger charge is -2.26. The number of carbonyl (C=O) groups is 2. The summed E-state index contributed by atoms with van der Waals surface area (Å²) in [5.74, 6) is -1.16. The van der Waals surface area contributed by atoms with E-state index >= 15 is 0 Å². The average Bonchev–Trinajstić information content (AvgIpc) is 3.47. The Labute approximate surface area is 204 Å². The molecular weight excluding hydrogens is 464 g/mol. The third kappa shape index (κ3) is 4.47. The average molecular weight is 491 g/mol. The quantitative estimate of drug-likeness (QED) is 0.525. The topological polar surface area (TPSA) is 104 Å². The molecule has 1 heterocycles. The van der Waals surface area contributed by atoms with Crippen LogP contribution in [0.25, 0.3) is 11.1 Å². The maximum absolute atomic E-state index is 13.4. The molecule has 3 aromatic rings. The van der Waals surface area contributed by atoms with Crippen LogP contribution in [0.3, 0.4) is 0 Å². The normalized spacial score (nSPS) is 22.0. The monoisotopic (exact) mass is 490 g/mol. The lowest BCUT2D eigenvalue weighted by atomic mass is 10.0. The smallest absolute Gasteiger partial charge is 0.322 e. The predicted molar refractivity (Wildman–Crippen MR) is 132 cm³/mol. The van der Waals surface area contributed by atoms with Crippen LogP contribution in [-0.2, 0) is 14.8 Å². The van der Waals surface area contributed by atoms with Crippen LogP contribution in [0.4, 0.5) is 5.69 Å². The molecular formula is C27H26N2O5S. The summed E-state index contributed by atoms with van der Waals surface area (Å²) in [6, 6.07) is 21.5. The van der Waals surface area contributed by atoms with Crippen molar-refractivity contribution in [3.05, 3.63) is 84.4 Å². The summed E-state index contributed by atoms with van der Waals surface area (Å²) in [5, 5.41) is 12.5. The van der Waals surface area contributed by atoms with E-state index in [1.807, 2.05) is 18.2 Å². The number of carbonyl (C=O) groups excluding carboxylic acids is 1. The number of hydrogen-bond acceptors (Lipinski definition) is 4. The highest BCUT2D eigenvalue weighted by Gasteiger charge is 2.52. The molecule has 1 aliphatic carbocycles. The second kappa shape index (κ2) is 9.28. The molecule has 0 radical (unpaired) electrons.